The van der Waals surface area contributed by atoms with E-state index >= 15 is 0 Å². The lowest BCUT2D eigenvalue weighted by molar-refractivity contribution is 0.0809. The van der Waals surface area contributed by atoms with E-state index in [1.807, 2.05) is 0 Å². The highest BCUT2D eigenvalue weighted by Gasteiger charge is 2.28. The number of likely N-dealkylation sites (tertiary alicyclic amines) is 1. The molecule has 6 heteroatoms. The zero-order valence-electron chi connectivity index (χ0n) is 12.6. The lowest BCUT2D eigenvalue weighted by Gasteiger charge is -2.41. The van der Waals surface area contributed by atoms with Crippen molar-refractivity contribution < 1.29 is 4.79 Å². The van der Waals surface area contributed by atoms with Crippen LogP contribution in [0.3, 0.4) is 0 Å². The van der Waals surface area contributed by atoms with Gasteiger partial charge in [0.15, 0.2) is 0 Å². The number of nitrogens with one attached hydrogen (secondary N) is 1. The average Bonchev–Trinajstić information content (AvgIpc) is 2.41. The SMILES string of the molecule is CC(C)(C)N1CCC(NC(=O)c2nc(Cl)ccc2Cl)CC1. The third-order valence-electron chi connectivity index (χ3n) is 3.81. The molecule has 0 spiro atoms. The van der Waals surface area contributed by atoms with E-state index in [4.69, 9.17) is 23.2 Å². The minimum Gasteiger partial charge on any atom is -0.348 e. The first-order chi connectivity index (χ1) is 9.77. The van der Waals surface area contributed by atoms with E-state index < -0.39 is 0 Å². The van der Waals surface area contributed by atoms with Crippen LogP contribution in [0.4, 0.5) is 0 Å². The van der Waals surface area contributed by atoms with Crippen LogP contribution in [0.2, 0.25) is 10.2 Å². The monoisotopic (exact) mass is 329 g/mol. The first-order valence-electron chi connectivity index (χ1n) is 7.15. The maximum atomic E-state index is 12.2. The number of amides is 1. The van der Waals surface area contributed by atoms with Crippen molar-refractivity contribution in [2.75, 3.05) is 13.1 Å². The van der Waals surface area contributed by atoms with Gasteiger partial charge in [0.25, 0.3) is 5.91 Å². The summed E-state index contributed by atoms with van der Waals surface area (Å²) in [6, 6.07) is 3.32. The highest BCUT2D eigenvalue weighted by atomic mass is 35.5. The Kier molecular flexibility index (Phi) is 5.12. The van der Waals surface area contributed by atoms with Gasteiger partial charge in [0.05, 0.1) is 5.02 Å². The van der Waals surface area contributed by atoms with E-state index in [1.165, 1.54) is 0 Å². The van der Waals surface area contributed by atoms with Crippen LogP contribution in [0.15, 0.2) is 12.1 Å². The van der Waals surface area contributed by atoms with Crippen LogP contribution < -0.4 is 5.32 Å². The molecule has 1 fully saturated rings. The summed E-state index contributed by atoms with van der Waals surface area (Å²) in [6.07, 6.45) is 1.86. The molecule has 2 heterocycles. The maximum Gasteiger partial charge on any atom is 0.271 e. The second-order valence-electron chi connectivity index (χ2n) is 6.37. The molecule has 0 atom stereocenters. The summed E-state index contributed by atoms with van der Waals surface area (Å²) in [7, 11) is 0. The van der Waals surface area contributed by atoms with E-state index in [-0.39, 0.29) is 28.3 Å². The third kappa shape index (κ3) is 4.31. The minimum atomic E-state index is -0.253. The molecule has 0 aliphatic carbocycles. The van der Waals surface area contributed by atoms with Gasteiger partial charge in [0.2, 0.25) is 0 Å². The van der Waals surface area contributed by atoms with Crippen LogP contribution in [0.5, 0.6) is 0 Å². The number of piperidine rings is 1. The number of hydrogen-bond acceptors (Lipinski definition) is 3. The topological polar surface area (TPSA) is 45.2 Å². The number of carbonyl (C=O) groups excluding carboxylic acids is 1. The maximum absolute atomic E-state index is 12.2. The fourth-order valence-electron chi connectivity index (χ4n) is 2.53. The molecule has 2 rings (SSSR count). The standard InChI is InChI=1S/C15H21Cl2N3O/c1-15(2,3)20-8-6-10(7-9-20)18-14(21)13-11(16)4-5-12(17)19-13/h4-5,10H,6-9H2,1-3H3,(H,18,21). The zero-order valence-corrected chi connectivity index (χ0v) is 14.1. The van der Waals surface area contributed by atoms with Gasteiger partial charge in [-0.1, -0.05) is 23.2 Å². The van der Waals surface area contributed by atoms with Gasteiger partial charge >= 0.3 is 0 Å². The van der Waals surface area contributed by atoms with Crippen LogP contribution in [-0.2, 0) is 0 Å². The van der Waals surface area contributed by atoms with E-state index in [2.05, 4.69) is 36.0 Å². The predicted octanol–water partition coefficient (Wildman–Crippen LogP) is 3.38. The molecular formula is C15H21Cl2N3O. The van der Waals surface area contributed by atoms with Crippen molar-refractivity contribution in [3.05, 3.63) is 28.0 Å². The van der Waals surface area contributed by atoms with Gasteiger partial charge in [-0.15, -0.1) is 0 Å². The molecule has 1 aromatic heterocycles. The van der Waals surface area contributed by atoms with Crippen molar-refractivity contribution in [1.82, 2.24) is 15.2 Å². The fourth-order valence-corrected chi connectivity index (χ4v) is 2.86. The number of halogens is 2. The van der Waals surface area contributed by atoms with Crippen molar-refractivity contribution in [2.45, 2.75) is 45.2 Å². The predicted molar refractivity (Wildman–Crippen MR) is 86.1 cm³/mol. The smallest absolute Gasteiger partial charge is 0.271 e. The number of pyridine rings is 1. The normalized spacial score (nSPS) is 17.8. The van der Waals surface area contributed by atoms with Crippen LogP contribution in [0.25, 0.3) is 0 Å². The number of aromatic nitrogens is 1. The Morgan fingerprint density at radius 2 is 1.90 bits per heavy atom. The molecule has 0 saturated carbocycles. The molecule has 4 nitrogen and oxygen atoms in total. The highest BCUT2D eigenvalue weighted by molar-refractivity contribution is 6.34. The van der Waals surface area contributed by atoms with E-state index in [1.54, 1.807) is 12.1 Å². The molecule has 1 aromatic rings. The lowest BCUT2D eigenvalue weighted by Crippen LogP contribution is -2.50. The first-order valence-corrected chi connectivity index (χ1v) is 7.91. The van der Waals surface area contributed by atoms with Gasteiger partial charge < -0.3 is 5.32 Å². The summed E-state index contributed by atoms with van der Waals surface area (Å²) in [6.45, 7) is 8.58. The Bertz CT molecular complexity index is 520. The van der Waals surface area contributed by atoms with Crippen molar-refractivity contribution in [3.8, 4) is 0 Å². The second-order valence-corrected chi connectivity index (χ2v) is 7.16. The summed E-state index contributed by atoms with van der Waals surface area (Å²) in [4.78, 5) is 18.7. The minimum absolute atomic E-state index is 0.160. The molecule has 1 aliphatic heterocycles. The summed E-state index contributed by atoms with van der Waals surface area (Å²) in [5.41, 5.74) is 0.370. The van der Waals surface area contributed by atoms with Gasteiger partial charge in [-0.05, 0) is 45.7 Å². The molecule has 1 N–H and O–H groups in total. The largest absolute Gasteiger partial charge is 0.348 e. The highest BCUT2D eigenvalue weighted by Crippen LogP contribution is 2.21. The van der Waals surface area contributed by atoms with Gasteiger partial charge in [-0.3, -0.25) is 9.69 Å². The van der Waals surface area contributed by atoms with E-state index in [0.29, 0.717) is 5.02 Å². The second kappa shape index (κ2) is 6.51. The van der Waals surface area contributed by atoms with Crippen LogP contribution >= 0.6 is 23.2 Å². The van der Waals surface area contributed by atoms with Crippen molar-refractivity contribution in [1.29, 1.82) is 0 Å². The van der Waals surface area contributed by atoms with Gasteiger partial charge in [-0.2, -0.15) is 0 Å². The first kappa shape index (κ1) is 16.5. The van der Waals surface area contributed by atoms with Crippen LogP contribution in [0, 0.1) is 0 Å². The third-order valence-corrected chi connectivity index (χ3v) is 4.32. The Balaban J connectivity index is 1.94. The number of hydrogen-bond donors (Lipinski definition) is 1. The number of rotatable bonds is 2. The Morgan fingerprint density at radius 1 is 1.29 bits per heavy atom. The van der Waals surface area contributed by atoms with Crippen molar-refractivity contribution in [2.24, 2.45) is 0 Å². The lowest BCUT2D eigenvalue weighted by atomic mass is 9.98. The molecule has 0 radical (unpaired) electrons. The summed E-state index contributed by atoms with van der Waals surface area (Å²) in [5.74, 6) is -0.253. The molecule has 1 amide bonds. The van der Waals surface area contributed by atoms with Crippen LogP contribution in [-0.4, -0.2) is 40.5 Å². The number of carbonyl (C=O) groups is 1. The molecule has 0 bridgehead atoms. The summed E-state index contributed by atoms with van der Waals surface area (Å²) >= 11 is 11.8. The van der Waals surface area contributed by atoms with Gasteiger partial charge in [0.1, 0.15) is 10.8 Å². The molecular weight excluding hydrogens is 309 g/mol. The molecule has 1 aliphatic rings. The van der Waals surface area contributed by atoms with Crippen LogP contribution in [0.1, 0.15) is 44.1 Å². The zero-order chi connectivity index (χ0) is 15.6. The molecule has 21 heavy (non-hydrogen) atoms. The van der Waals surface area contributed by atoms with E-state index in [9.17, 15) is 4.79 Å². The Morgan fingerprint density at radius 3 is 2.48 bits per heavy atom. The Hall–Kier alpha value is -0.840. The fraction of sp³-hybridized carbons (Fsp3) is 0.600. The van der Waals surface area contributed by atoms with Crippen molar-refractivity contribution >= 4 is 29.1 Å². The molecule has 0 unspecified atom stereocenters. The molecule has 116 valence electrons. The van der Waals surface area contributed by atoms with Crippen molar-refractivity contribution in [3.63, 3.8) is 0 Å². The Labute approximate surface area is 135 Å². The average molecular weight is 330 g/mol. The number of nitrogens with zero attached hydrogens (tertiary/aromatic N) is 2. The van der Waals surface area contributed by atoms with E-state index in [0.717, 1.165) is 25.9 Å². The molecule has 0 aromatic carbocycles. The van der Waals surface area contributed by atoms with Gasteiger partial charge in [0, 0.05) is 24.7 Å². The quantitative estimate of drug-likeness (QED) is 0.846. The summed E-state index contributed by atoms with van der Waals surface area (Å²) < 4.78 is 0. The van der Waals surface area contributed by atoms with Gasteiger partial charge in [-0.25, -0.2) is 4.98 Å². The summed E-state index contributed by atoms with van der Waals surface area (Å²) in [5, 5.41) is 3.60. The molecule has 1 saturated heterocycles.